The zero-order chi connectivity index (χ0) is 11.5. The number of rotatable bonds is 3. The standard InChI is InChI=1S/C10H9N3O3/c1-16-10(15)9-8(6(5-14)4-11-9)7-2-3-12-13-7/h2-5,11H,1H3,(H,12,13). The lowest BCUT2D eigenvalue weighted by Gasteiger charge is -2.00. The molecule has 2 aromatic rings. The maximum absolute atomic E-state index is 11.5. The van der Waals surface area contributed by atoms with Gasteiger partial charge in [0.25, 0.3) is 0 Å². The molecule has 0 aromatic carbocycles. The molecule has 16 heavy (non-hydrogen) atoms. The third-order valence-electron chi connectivity index (χ3n) is 2.20. The number of hydrogen-bond donors (Lipinski definition) is 2. The first-order valence-corrected chi connectivity index (χ1v) is 4.52. The van der Waals surface area contributed by atoms with Crippen LogP contribution >= 0.6 is 0 Å². The summed E-state index contributed by atoms with van der Waals surface area (Å²) in [6, 6.07) is 1.67. The Kier molecular flexibility index (Phi) is 2.55. The van der Waals surface area contributed by atoms with E-state index in [0.29, 0.717) is 23.1 Å². The van der Waals surface area contributed by atoms with Crippen molar-refractivity contribution in [3.8, 4) is 11.3 Å². The molecule has 6 nitrogen and oxygen atoms in total. The third-order valence-corrected chi connectivity index (χ3v) is 2.20. The molecule has 0 bridgehead atoms. The van der Waals surface area contributed by atoms with Crippen LogP contribution in [-0.2, 0) is 4.74 Å². The molecular formula is C10H9N3O3. The lowest BCUT2D eigenvalue weighted by molar-refractivity contribution is 0.0595. The molecule has 0 fully saturated rings. The van der Waals surface area contributed by atoms with Crippen LogP contribution in [0.3, 0.4) is 0 Å². The predicted octanol–water partition coefficient (Wildman–Crippen LogP) is 1.00. The normalized spacial score (nSPS) is 10.1. The molecule has 0 amide bonds. The van der Waals surface area contributed by atoms with Crippen LogP contribution < -0.4 is 0 Å². The minimum atomic E-state index is -0.530. The van der Waals surface area contributed by atoms with E-state index in [1.807, 2.05) is 0 Å². The molecule has 0 aliphatic carbocycles. The lowest BCUT2D eigenvalue weighted by atomic mass is 10.1. The Morgan fingerprint density at radius 3 is 2.94 bits per heavy atom. The van der Waals surface area contributed by atoms with Crippen molar-refractivity contribution < 1.29 is 14.3 Å². The van der Waals surface area contributed by atoms with Gasteiger partial charge >= 0.3 is 5.97 Å². The number of carbonyl (C=O) groups excluding carboxylic acids is 2. The Hall–Kier alpha value is -2.37. The summed E-state index contributed by atoms with van der Waals surface area (Å²) in [5, 5.41) is 6.47. The second-order valence-electron chi connectivity index (χ2n) is 3.07. The van der Waals surface area contributed by atoms with Gasteiger partial charge in [-0.15, -0.1) is 0 Å². The molecule has 0 atom stereocenters. The first kappa shape index (κ1) is 10.2. The van der Waals surface area contributed by atoms with E-state index >= 15 is 0 Å². The molecule has 0 aliphatic rings. The molecule has 82 valence electrons. The smallest absolute Gasteiger partial charge is 0.355 e. The molecule has 2 heterocycles. The molecule has 0 spiro atoms. The van der Waals surface area contributed by atoms with Gasteiger partial charge in [0.2, 0.25) is 0 Å². The van der Waals surface area contributed by atoms with Gasteiger partial charge in [-0.3, -0.25) is 9.89 Å². The molecule has 0 saturated carbocycles. The van der Waals surface area contributed by atoms with Crippen molar-refractivity contribution in [2.75, 3.05) is 7.11 Å². The summed E-state index contributed by atoms with van der Waals surface area (Å²) in [4.78, 5) is 25.0. The Labute approximate surface area is 90.6 Å². The topological polar surface area (TPSA) is 87.8 Å². The molecule has 2 N–H and O–H groups in total. The van der Waals surface area contributed by atoms with Gasteiger partial charge in [-0.25, -0.2) is 4.79 Å². The maximum atomic E-state index is 11.5. The van der Waals surface area contributed by atoms with Crippen molar-refractivity contribution in [2.24, 2.45) is 0 Å². The van der Waals surface area contributed by atoms with Crippen LogP contribution in [0.15, 0.2) is 18.5 Å². The van der Waals surface area contributed by atoms with Gasteiger partial charge in [0.05, 0.1) is 12.8 Å². The number of nitrogens with one attached hydrogen (secondary N) is 2. The SMILES string of the molecule is COC(=O)c1[nH]cc(C=O)c1-c1ccn[nH]1. The second-order valence-corrected chi connectivity index (χ2v) is 3.07. The van der Waals surface area contributed by atoms with E-state index in [0.717, 1.165) is 0 Å². The molecule has 0 saturated heterocycles. The number of aldehydes is 1. The maximum Gasteiger partial charge on any atom is 0.355 e. The quantitative estimate of drug-likeness (QED) is 0.595. The Morgan fingerprint density at radius 1 is 1.56 bits per heavy atom. The molecular weight excluding hydrogens is 210 g/mol. The number of carbonyl (C=O) groups is 2. The van der Waals surface area contributed by atoms with Crippen molar-refractivity contribution in [3.05, 3.63) is 29.7 Å². The Balaban J connectivity index is 2.60. The molecule has 0 radical (unpaired) electrons. The largest absolute Gasteiger partial charge is 0.464 e. The van der Waals surface area contributed by atoms with Crippen LogP contribution in [0.25, 0.3) is 11.3 Å². The summed E-state index contributed by atoms with van der Waals surface area (Å²) >= 11 is 0. The number of methoxy groups -OCH3 is 1. The first-order chi connectivity index (χ1) is 7.77. The van der Waals surface area contributed by atoms with Crippen molar-refractivity contribution in [1.29, 1.82) is 0 Å². The summed E-state index contributed by atoms with van der Waals surface area (Å²) in [6.07, 6.45) is 3.66. The highest BCUT2D eigenvalue weighted by Gasteiger charge is 2.19. The summed E-state index contributed by atoms with van der Waals surface area (Å²) < 4.78 is 4.61. The van der Waals surface area contributed by atoms with Crippen molar-refractivity contribution in [1.82, 2.24) is 15.2 Å². The fourth-order valence-electron chi connectivity index (χ4n) is 1.48. The lowest BCUT2D eigenvalue weighted by Crippen LogP contribution is -2.03. The number of esters is 1. The van der Waals surface area contributed by atoms with E-state index in [1.54, 1.807) is 6.07 Å². The average molecular weight is 219 g/mol. The van der Waals surface area contributed by atoms with Crippen LogP contribution in [0.1, 0.15) is 20.8 Å². The number of H-pyrrole nitrogens is 2. The molecule has 0 unspecified atom stereocenters. The van der Waals surface area contributed by atoms with Crippen molar-refractivity contribution >= 4 is 12.3 Å². The van der Waals surface area contributed by atoms with Gasteiger partial charge in [0.15, 0.2) is 6.29 Å². The van der Waals surface area contributed by atoms with Gasteiger partial charge < -0.3 is 9.72 Å². The second kappa shape index (κ2) is 4.01. The van der Waals surface area contributed by atoms with E-state index < -0.39 is 5.97 Å². The van der Waals surface area contributed by atoms with Crippen LogP contribution in [0.5, 0.6) is 0 Å². The highest BCUT2D eigenvalue weighted by atomic mass is 16.5. The number of aromatic amines is 2. The number of ether oxygens (including phenoxy) is 1. The average Bonchev–Trinajstić information content (AvgIpc) is 2.95. The fraction of sp³-hybridized carbons (Fsp3) is 0.100. The van der Waals surface area contributed by atoms with Gasteiger partial charge in [-0.1, -0.05) is 0 Å². The number of hydrogen-bond acceptors (Lipinski definition) is 4. The minimum Gasteiger partial charge on any atom is -0.464 e. The summed E-state index contributed by atoms with van der Waals surface area (Å²) in [5.74, 6) is -0.530. The minimum absolute atomic E-state index is 0.230. The molecule has 2 rings (SSSR count). The van der Waals surface area contributed by atoms with Crippen LogP contribution in [0, 0.1) is 0 Å². The molecule has 6 heteroatoms. The van der Waals surface area contributed by atoms with Gasteiger partial charge in [0, 0.05) is 23.5 Å². The number of nitrogens with zero attached hydrogens (tertiary/aromatic N) is 1. The van der Waals surface area contributed by atoms with E-state index in [-0.39, 0.29) is 5.69 Å². The van der Waals surface area contributed by atoms with Gasteiger partial charge in [-0.05, 0) is 6.07 Å². The Morgan fingerprint density at radius 2 is 2.38 bits per heavy atom. The number of aromatic nitrogens is 3. The first-order valence-electron chi connectivity index (χ1n) is 4.52. The van der Waals surface area contributed by atoms with Gasteiger partial charge in [0.1, 0.15) is 5.69 Å². The van der Waals surface area contributed by atoms with E-state index in [1.165, 1.54) is 19.5 Å². The van der Waals surface area contributed by atoms with E-state index in [9.17, 15) is 9.59 Å². The Bertz CT molecular complexity index is 513. The zero-order valence-electron chi connectivity index (χ0n) is 8.48. The van der Waals surface area contributed by atoms with Crippen LogP contribution in [0.4, 0.5) is 0 Å². The van der Waals surface area contributed by atoms with Crippen molar-refractivity contribution in [3.63, 3.8) is 0 Å². The van der Waals surface area contributed by atoms with Crippen LogP contribution in [-0.4, -0.2) is 34.5 Å². The van der Waals surface area contributed by atoms with E-state index in [4.69, 9.17) is 0 Å². The van der Waals surface area contributed by atoms with Crippen molar-refractivity contribution in [2.45, 2.75) is 0 Å². The third kappa shape index (κ3) is 1.50. The van der Waals surface area contributed by atoms with Gasteiger partial charge in [-0.2, -0.15) is 5.10 Å². The highest BCUT2D eigenvalue weighted by Crippen LogP contribution is 2.25. The fourth-order valence-corrected chi connectivity index (χ4v) is 1.48. The predicted molar refractivity (Wildman–Crippen MR) is 55.1 cm³/mol. The molecule has 0 aliphatic heterocycles. The van der Waals surface area contributed by atoms with E-state index in [2.05, 4.69) is 19.9 Å². The molecule has 2 aromatic heterocycles. The highest BCUT2D eigenvalue weighted by molar-refractivity contribution is 6.00. The monoisotopic (exact) mass is 219 g/mol. The summed E-state index contributed by atoms with van der Waals surface area (Å²) in [6.45, 7) is 0. The summed E-state index contributed by atoms with van der Waals surface area (Å²) in [7, 11) is 1.28. The summed E-state index contributed by atoms with van der Waals surface area (Å²) in [5.41, 5.74) is 1.67. The zero-order valence-corrected chi connectivity index (χ0v) is 8.48. The van der Waals surface area contributed by atoms with Crippen LogP contribution in [0.2, 0.25) is 0 Å².